The van der Waals surface area contributed by atoms with Crippen LogP contribution in [0.5, 0.6) is 0 Å². The molecule has 4 fully saturated rings. The highest BCUT2D eigenvalue weighted by molar-refractivity contribution is 5.01. The Morgan fingerprint density at radius 3 is 1.65 bits per heavy atom. The van der Waals surface area contributed by atoms with Crippen molar-refractivity contribution in [2.75, 3.05) is 26.2 Å². The normalized spacial score (nSPS) is 45.1. The summed E-state index contributed by atoms with van der Waals surface area (Å²) in [5, 5.41) is 0. The van der Waals surface area contributed by atoms with E-state index in [1.807, 2.05) is 0 Å². The molecule has 2 aliphatic heterocycles. The van der Waals surface area contributed by atoms with Gasteiger partial charge in [-0.1, -0.05) is 20.8 Å². The van der Waals surface area contributed by atoms with Crippen LogP contribution in [0.15, 0.2) is 0 Å². The zero-order valence-electron chi connectivity index (χ0n) is 16.1. The molecule has 2 saturated heterocycles. The van der Waals surface area contributed by atoms with Gasteiger partial charge in [0, 0.05) is 38.3 Å². The van der Waals surface area contributed by atoms with E-state index in [2.05, 4.69) is 44.4 Å². The van der Waals surface area contributed by atoms with E-state index in [0.717, 1.165) is 41.7 Å². The number of fused-ring (bicyclic) bond motifs is 2. The van der Waals surface area contributed by atoms with E-state index >= 15 is 0 Å². The van der Waals surface area contributed by atoms with E-state index in [0.29, 0.717) is 5.41 Å². The molecule has 0 aromatic carbocycles. The molecular formula is C21H38N2. The number of hydrogen-bond acceptors (Lipinski definition) is 2. The van der Waals surface area contributed by atoms with E-state index in [1.54, 1.807) is 0 Å². The van der Waals surface area contributed by atoms with Crippen LogP contribution in [-0.2, 0) is 0 Å². The van der Waals surface area contributed by atoms with Crippen molar-refractivity contribution in [1.29, 1.82) is 0 Å². The van der Waals surface area contributed by atoms with Gasteiger partial charge in [-0.3, -0.25) is 4.90 Å². The minimum Gasteiger partial charge on any atom is -0.300 e. The third kappa shape index (κ3) is 2.99. The molecule has 4 rings (SSSR count). The second-order valence-corrected chi connectivity index (χ2v) is 10.7. The van der Waals surface area contributed by atoms with Crippen molar-refractivity contribution >= 4 is 0 Å². The summed E-state index contributed by atoms with van der Waals surface area (Å²) in [7, 11) is 0. The average Bonchev–Trinajstić information content (AvgIpc) is 3.13. The largest absolute Gasteiger partial charge is 0.300 e. The summed E-state index contributed by atoms with van der Waals surface area (Å²) in [6, 6.07) is 1.68. The molecule has 0 amide bonds. The molecule has 2 heteroatoms. The lowest BCUT2D eigenvalue weighted by atomic mass is 9.79. The van der Waals surface area contributed by atoms with Crippen molar-refractivity contribution in [2.24, 2.45) is 35.0 Å². The lowest BCUT2D eigenvalue weighted by Gasteiger charge is -2.31. The Kier molecular flexibility index (Phi) is 4.08. The van der Waals surface area contributed by atoms with Gasteiger partial charge < -0.3 is 4.90 Å². The maximum Gasteiger partial charge on any atom is 0.0102 e. The molecule has 0 spiro atoms. The molecule has 0 aromatic heterocycles. The molecule has 4 aliphatic rings. The zero-order valence-corrected chi connectivity index (χ0v) is 16.1. The van der Waals surface area contributed by atoms with E-state index in [9.17, 15) is 0 Å². The van der Waals surface area contributed by atoms with Crippen molar-refractivity contribution in [3.05, 3.63) is 0 Å². The van der Waals surface area contributed by atoms with Crippen molar-refractivity contribution in [1.82, 2.24) is 9.80 Å². The second-order valence-electron chi connectivity index (χ2n) is 10.7. The molecular weight excluding hydrogens is 280 g/mol. The predicted molar refractivity (Wildman–Crippen MR) is 97.4 cm³/mol. The maximum atomic E-state index is 2.92. The minimum atomic E-state index is 0.528. The highest BCUT2D eigenvalue weighted by atomic mass is 15.2. The van der Waals surface area contributed by atoms with Crippen molar-refractivity contribution in [2.45, 2.75) is 72.4 Å². The summed E-state index contributed by atoms with van der Waals surface area (Å²) in [6.45, 7) is 17.7. The Morgan fingerprint density at radius 1 is 0.739 bits per heavy atom. The lowest BCUT2D eigenvalue weighted by Crippen LogP contribution is -2.36. The molecule has 0 N–H and O–H groups in total. The van der Waals surface area contributed by atoms with Gasteiger partial charge in [-0.25, -0.2) is 0 Å². The van der Waals surface area contributed by atoms with Gasteiger partial charge in [0.1, 0.15) is 0 Å². The maximum absolute atomic E-state index is 2.92. The van der Waals surface area contributed by atoms with Gasteiger partial charge in [-0.2, -0.15) is 0 Å². The fourth-order valence-corrected chi connectivity index (χ4v) is 6.37. The third-order valence-corrected chi connectivity index (χ3v) is 8.01. The van der Waals surface area contributed by atoms with Crippen LogP contribution in [-0.4, -0.2) is 48.1 Å². The highest BCUT2D eigenvalue weighted by Gasteiger charge is 2.49. The van der Waals surface area contributed by atoms with Crippen LogP contribution in [0.2, 0.25) is 0 Å². The van der Waals surface area contributed by atoms with Gasteiger partial charge in [0.25, 0.3) is 0 Å². The van der Waals surface area contributed by atoms with Gasteiger partial charge >= 0.3 is 0 Å². The van der Waals surface area contributed by atoms with Gasteiger partial charge in [-0.15, -0.1) is 0 Å². The molecule has 2 unspecified atom stereocenters. The summed E-state index contributed by atoms with van der Waals surface area (Å²) in [5.74, 6) is 5.02. The highest BCUT2D eigenvalue weighted by Crippen LogP contribution is 2.50. The summed E-state index contributed by atoms with van der Waals surface area (Å²) in [5.41, 5.74) is 0.528. The average molecular weight is 319 g/mol. The number of nitrogens with zero attached hydrogens (tertiary/aromatic N) is 2. The molecule has 2 aliphatic carbocycles. The van der Waals surface area contributed by atoms with Gasteiger partial charge in [-0.05, 0) is 74.5 Å². The standard InChI is InChI=1S/C21H38N2/c1-14(2)22-10-17-8-20(9-18(17)11-22)23-12-15-6-19(21(3,4)5)7-16(15)13-23/h14-20H,6-13H2,1-5H3/t15-,16+,17-,18+,19?,20?. The molecule has 2 nitrogen and oxygen atoms in total. The predicted octanol–water partition coefficient (Wildman–Crippen LogP) is 4.11. The molecule has 2 heterocycles. The second kappa shape index (κ2) is 5.73. The molecule has 0 aromatic rings. The summed E-state index contributed by atoms with van der Waals surface area (Å²) >= 11 is 0. The van der Waals surface area contributed by atoms with Crippen LogP contribution >= 0.6 is 0 Å². The van der Waals surface area contributed by atoms with Crippen molar-refractivity contribution in [3.63, 3.8) is 0 Å². The van der Waals surface area contributed by atoms with Crippen LogP contribution in [0.4, 0.5) is 0 Å². The Balaban J connectivity index is 1.31. The number of rotatable bonds is 2. The van der Waals surface area contributed by atoms with E-state index in [-0.39, 0.29) is 0 Å². The molecule has 2 saturated carbocycles. The van der Waals surface area contributed by atoms with Crippen LogP contribution in [0.1, 0.15) is 60.3 Å². The smallest absolute Gasteiger partial charge is 0.0102 e. The van der Waals surface area contributed by atoms with Crippen LogP contribution < -0.4 is 0 Å². The monoisotopic (exact) mass is 318 g/mol. The van der Waals surface area contributed by atoms with Gasteiger partial charge in [0.2, 0.25) is 0 Å². The molecule has 0 bridgehead atoms. The van der Waals surface area contributed by atoms with E-state index < -0.39 is 0 Å². The Bertz CT molecular complexity index is 410. The first kappa shape index (κ1) is 16.4. The first-order valence-electron chi connectivity index (χ1n) is 10.3. The van der Waals surface area contributed by atoms with Crippen molar-refractivity contribution in [3.8, 4) is 0 Å². The Morgan fingerprint density at radius 2 is 1.22 bits per heavy atom. The minimum absolute atomic E-state index is 0.528. The SMILES string of the molecule is CC(C)N1C[C@H]2CC(N3C[C@H]4CC(C(C)(C)C)C[C@H]4C3)C[C@H]2C1. The zero-order chi connectivity index (χ0) is 16.4. The molecule has 132 valence electrons. The van der Waals surface area contributed by atoms with Crippen LogP contribution in [0.25, 0.3) is 0 Å². The van der Waals surface area contributed by atoms with Crippen LogP contribution in [0.3, 0.4) is 0 Å². The Hall–Kier alpha value is -0.0800. The van der Waals surface area contributed by atoms with E-state index in [1.165, 1.54) is 51.9 Å². The Labute approximate surface area is 144 Å². The summed E-state index contributed by atoms with van der Waals surface area (Å²) in [4.78, 5) is 5.64. The third-order valence-electron chi connectivity index (χ3n) is 8.01. The topological polar surface area (TPSA) is 6.48 Å². The van der Waals surface area contributed by atoms with Gasteiger partial charge in [0.05, 0.1) is 0 Å². The van der Waals surface area contributed by atoms with Crippen molar-refractivity contribution < 1.29 is 0 Å². The van der Waals surface area contributed by atoms with Gasteiger partial charge in [0.15, 0.2) is 0 Å². The fraction of sp³-hybridized carbons (Fsp3) is 1.00. The van der Waals surface area contributed by atoms with Crippen LogP contribution in [0, 0.1) is 35.0 Å². The summed E-state index contributed by atoms with van der Waals surface area (Å²) in [6.07, 6.45) is 6.00. The molecule has 6 atom stereocenters. The lowest BCUT2D eigenvalue weighted by molar-refractivity contribution is 0.173. The fourth-order valence-electron chi connectivity index (χ4n) is 6.37. The first-order valence-corrected chi connectivity index (χ1v) is 10.3. The first-order chi connectivity index (χ1) is 10.8. The molecule has 23 heavy (non-hydrogen) atoms. The molecule has 0 radical (unpaired) electrons. The van der Waals surface area contributed by atoms with E-state index in [4.69, 9.17) is 0 Å². The number of likely N-dealkylation sites (tertiary alicyclic amines) is 2. The quantitative estimate of drug-likeness (QED) is 0.756. The number of hydrogen-bond donors (Lipinski definition) is 0. The summed E-state index contributed by atoms with van der Waals surface area (Å²) < 4.78 is 0.